The molecule has 24 heavy (non-hydrogen) atoms. The first-order valence-electron chi connectivity index (χ1n) is 8.93. The summed E-state index contributed by atoms with van der Waals surface area (Å²) in [4.78, 5) is 21.3. The smallest absolute Gasteiger partial charge is 0.228 e. The van der Waals surface area contributed by atoms with Gasteiger partial charge >= 0.3 is 0 Å². The van der Waals surface area contributed by atoms with Crippen LogP contribution in [0.4, 0.5) is 0 Å². The molecule has 0 N–H and O–H groups in total. The predicted octanol–water partition coefficient (Wildman–Crippen LogP) is 1.55. The first kappa shape index (κ1) is 17.2. The van der Waals surface area contributed by atoms with E-state index >= 15 is 0 Å². The summed E-state index contributed by atoms with van der Waals surface area (Å²) in [7, 11) is 0. The minimum Gasteiger partial charge on any atom is -0.478 e. The number of carbonyl (C=O) groups excluding carboxylic acids is 1. The lowest BCUT2D eigenvalue weighted by atomic mass is 10.1. The summed E-state index contributed by atoms with van der Waals surface area (Å²) in [6.07, 6.45) is 3.77. The van der Waals surface area contributed by atoms with E-state index in [1.807, 2.05) is 24.1 Å². The Labute approximate surface area is 143 Å². The Morgan fingerprint density at radius 2 is 2.25 bits per heavy atom. The van der Waals surface area contributed by atoms with Crippen molar-refractivity contribution in [1.82, 2.24) is 14.8 Å². The highest BCUT2D eigenvalue weighted by atomic mass is 16.5. The minimum atomic E-state index is 0.0758. The molecule has 1 aromatic heterocycles. The standard InChI is InChI=1S/C18H27N3O3/c1-2-24-17-5-4-15(12-19-17)13-20-7-3-8-21(10-9-20)18(22)16-6-11-23-14-16/h4-5,12,16H,2-3,6-11,13-14H2,1H3. The van der Waals surface area contributed by atoms with Gasteiger partial charge in [-0.15, -0.1) is 0 Å². The van der Waals surface area contributed by atoms with Crippen molar-refractivity contribution in [1.29, 1.82) is 0 Å². The van der Waals surface area contributed by atoms with Crippen LogP contribution in [0, 0.1) is 5.92 Å². The van der Waals surface area contributed by atoms with Gasteiger partial charge in [0.25, 0.3) is 0 Å². The van der Waals surface area contributed by atoms with Crippen LogP contribution < -0.4 is 4.74 Å². The first-order valence-corrected chi connectivity index (χ1v) is 8.93. The number of ether oxygens (including phenoxy) is 2. The highest BCUT2D eigenvalue weighted by Crippen LogP contribution is 2.18. The van der Waals surface area contributed by atoms with Crippen LogP contribution in [0.15, 0.2) is 18.3 Å². The summed E-state index contributed by atoms with van der Waals surface area (Å²) in [6, 6.07) is 3.99. The highest BCUT2D eigenvalue weighted by molar-refractivity contribution is 5.79. The molecule has 2 aliphatic rings. The van der Waals surface area contributed by atoms with E-state index in [1.165, 1.54) is 5.56 Å². The molecule has 6 nitrogen and oxygen atoms in total. The summed E-state index contributed by atoms with van der Waals surface area (Å²) < 4.78 is 10.7. The van der Waals surface area contributed by atoms with E-state index < -0.39 is 0 Å². The zero-order valence-corrected chi connectivity index (χ0v) is 14.4. The zero-order valence-electron chi connectivity index (χ0n) is 14.4. The number of aromatic nitrogens is 1. The molecule has 0 saturated carbocycles. The van der Waals surface area contributed by atoms with Crippen molar-refractivity contribution in [2.24, 2.45) is 5.92 Å². The van der Waals surface area contributed by atoms with Crippen LogP contribution in [-0.4, -0.2) is 66.7 Å². The van der Waals surface area contributed by atoms with E-state index in [1.54, 1.807) is 0 Å². The second-order valence-corrected chi connectivity index (χ2v) is 6.45. The van der Waals surface area contributed by atoms with Gasteiger partial charge in [-0.25, -0.2) is 4.98 Å². The largest absolute Gasteiger partial charge is 0.478 e. The van der Waals surface area contributed by atoms with Gasteiger partial charge < -0.3 is 14.4 Å². The first-order chi connectivity index (χ1) is 11.8. The van der Waals surface area contributed by atoms with E-state index in [4.69, 9.17) is 9.47 Å². The highest BCUT2D eigenvalue weighted by Gasteiger charge is 2.29. The van der Waals surface area contributed by atoms with E-state index in [9.17, 15) is 4.79 Å². The van der Waals surface area contributed by atoms with Gasteiger partial charge in [0.1, 0.15) is 0 Å². The number of carbonyl (C=O) groups is 1. The zero-order chi connectivity index (χ0) is 16.8. The van der Waals surface area contributed by atoms with Crippen LogP contribution in [0.25, 0.3) is 0 Å². The number of nitrogens with zero attached hydrogens (tertiary/aromatic N) is 3. The molecular weight excluding hydrogens is 306 g/mol. The summed E-state index contributed by atoms with van der Waals surface area (Å²) in [5, 5.41) is 0. The molecule has 1 aromatic rings. The van der Waals surface area contributed by atoms with Crippen molar-refractivity contribution >= 4 is 5.91 Å². The monoisotopic (exact) mass is 333 g/mol. The molecule has 0 aromatic carbocycles. The van der Waals surface area contributed by atoms with Crippen molar-refractivity contribution in [3.8, 4) is 5.88 Å². The van der Waals surface area contributed by atoms with Gasteiger partial charge in [0.15, 0.2) is 0 Å². The maximum Gasteiger partial charge on any atom is 0.228 e. The molecule has 1 atom stereocenters. The molecule has 0 spiro atoms. The number of hydrogen-bond donors (Lipinski definition) is 0. The van der Waals surface area contributed by atoms with Crippen LogP contribution in [0.3, 0.4) is 0 Å². The quantitative estimate of drug-likeness (QED) is 0.818. The summed E-state index contributed by atoms with van der Waals surface area (Å²) in [5.74, 6) is 1.02. The lowest BCUT2D eigenvalue weighted by molar-refractivity contribution is -0.135. The predicted molar refractivity (Wildman–Crippen MR) is 90.8 cm³/mol. The van der Waals surface area contributed by atoms with Gasteiger partial charge in [-0.3, -0.25) is 9.69 Å². The Morgan fingerprint density at radius 3 is 2.96 bits per heavy atom. The fraction of sp³-hybridized carbons (Fsp3) is 0.667. The number of rotatable bonds is 5. The van der Waals surface area contributed by atoms with Crippen LogP contribution in [0.2, 0.25) is 0 Å². The van der Waals surface area contributed by atoms with Crippen LogP contribution in [0.5, 0.6) is 5.88 Å². The van der Waals surface area contributed by atoms with Crippen molar-refractivity contribution in [3.05, 3.63) is 23.9 Å². The fourth-order valence-electron chi connectivity index (χ4n) is 3.33. The van der Waals surface area contributed by atoms with Gasteiger partial charge in [0.2, 0.25) is 11.8 Å². The van der Waals surface area contributed by atoms with Crippen molar-refractivity contribution in [3.63, 3.8) is 0 Å². The van der Waals surface area contributed by atoms with Gasteiger partial charge in [-0.05, 0) is 25.3 Å². The van der Waals surface area contributed by atoms with Crippen molar-refractivity contribution in [2.75, 3.05) is 46.0 Å². The van der Waals surface area contributed by atoms with Gasteiger partial charge in [0, 0.05) is 51.6 Å². The number of hydrogen-bond acceptors (Lipinski definition) is 5. The molecule has 0 bridgehead atoms. The van der Waals surface area contributed by atoms with Gasteiger partial charge in [0.05, 0.1) is 19.1 Å². The van der Waals surface area contributed by atoms with Gasteiger partial charge in [-0.2, -0.15) is 0 Å². The van der Waals surface area contributed by atoms with E-state index in [-0.39, 0.29) is 11.8 Å². The Bertz CT molecular complexity index is 529. The minimum absolute atomic E-state index is 0.0758. The molecule has 0 aliphatic carbocycles. The molecule has 3 heterocycles. The van der Waals surface area contributed by atoms with Gasteiger partial charge in [-0.1, -0.05) is 6.07 Å². The topological polar surface area (TPSA) is 54.9 Å². The summed E-state index contributed by atoms with van der Waals surface area (Å²) in [6.45, 7) is 8.36. The van der Waals surface area contributed by atoms with E-state index in [2.05, 4.69) is 16.0 Å². The average Bonchev–Trinajstić information content (AvgIpc) is 3.04. The van der Waals surface area contributed by atoms with E-state index in [0.717, 1.165) is 52.2 Å². The molecule has 1 unspecified atom stereocenters. The van der Waals surface area contributed by atoms with E-state index in [0.29, 0.717) is 19.1 Å². The normalized spacial score (nSPS) is 22.4. The number of amides is 1. The Balaban J connectivity index is 1.50. The molecule has 2 fully saturated rings. The molecule has 6 heteroatoms. The molecule has 1 amide bonds. The van der Waals surface area contributed by atoms with Crippen molar-refractivity contribution in [2.45, 2.75) is 26.3 Å². The third-order valence-electron chi connectivity index (χ3n) is 4.68. The molecule has 3 rings (SSSR count). The molecule has 0 radical (unpaired) electrons. The maximum atomic E-state index is 12.5. The Hall–Kier alpha value is -1.66. The molecular formula is C18H27N3O3. The summed E-state index contributed by atoms with van der Waals surface area (Å²) in [5.41, 5.74) is 1.18. The SMILES string of the molecule is CCOc1ccc(CN2CCCN(C(=O)C3CCOC3)CC2)cn1. The van der Waals surface area contributed by atoms with Crippen molar-refractivity contribution < 1.29 is 14.3 Å². The second kappa shape index (κ2) is 8.44. The molecule has 132 valence electrons. The Morgan fingerprint density at radius 1 is 1.33 bits per heavy atom. The van der Waals surface area contributed by atoms with Crippen LogP contribution >= 0.6 is 0 Å². The second-order valence-electron chi connectivity index (χ2n) is 6.45. The Kier molecular flexibility index (Phi) is 6.04. The lowest BCUT2D eigenvalue weighted by Gasteiger charge is -2.24. The molecule has 2 aliphatic heterocycles. The lowest BCUT2D eigenvalue weighted by Crippen LogP contribution is -2.39. The maximum absolute atomic E-state index is 12.5. The van der Waals surface area contributed by atoms with Crippen LogP contribution in [-0.2, 0) is 16.1 Å². The third-order valence-corrected chi connectivity index (χ3v) is 4.68. The molecule has 2 saturated heterocycles. The fourth-order valence-corrected chi connectivity index (χ4v) is 3.33. The third kappa shape index (κ3) is 4.45. The summed E-state index contributed by atoms with van der Waals surface area (Å²) >= 11 is 0. The van der Waals surface area contributed by atoms with Crippen LogP contribution in [0.1, 0.15) is 25.3 Å². The average molecular weight is 333 g/mol. The number of pyridine rings is 1.